The third-order valence-electron chi connectivity index (χ3n) is 4.90. The van der Waals surface area contributed by atoms with E-state index in [1.807, 2.05) is 27.7 Å². The molecule has 2 fully saturated rings. The van der Waals surface area contributed by atoms with Crippen molar-refractivity contribution in [1.29, 1.82) is 0 Å². The van der Waals surface area contributed by atoms with Crippen molar-refractivity contribution >= 4 is 0 Å². The Balaban J connectivity index is 0.000000921. The van der Waals surface area contributed by atoms with Gasteiger partial charge in [0.1, 0.15) is 0 Å². The second-order valence-corrected chi connectivity index (χ2v) is 6.42. The number of likely N-dealkylation sites (tertiary alicyclic amines) is 2. The molecule has 0 bridgehead atoms. The summed E-state index contributed by atoms with van der Waals surface area (Å²) in [5.74, 6) is 2.08. The van der Waals surface area contributed by atoms with E-state index in [1.54, 1.807) is 0 Å². The van der Waals surface area contributed by atoms with Crippen LogP contribution in [-0.2, 0) is 0 Å². The molecule has 0 N–H and O–H groups in total. The zero-order valence-electron chi connectivity index (χ0n) is 15.8. The quantitative estimate of drug-likeness (QED) is 0.729. The van der Waals surface area contributed by atoms with E-state index < -0.39 is 0 Å². The van der Waals surface area contributed by atoms with Gasteiger partial charge in [-0.1, -0.05) is 47.0 Å². The SMILES string of the molecule is CC.CC.CN1CCC(CCCC2CCN(C)CC2)CC1. The first-order valence-corrected chi connectivity index (χ1v) is 9.61. The molecular formula is C19H42N2. The first-order valence-electron chi connectivity index (χ1n) is 9.61. The predicted octanol–water partition coefficient (Wildman–Crippen LogP) is 4.89. The van der Waals surface area contributed by atoms with E-state index in [4.69, 9.17) is 0 Å². The first-order chi connectivity index (χ1) is 10.2. The van der Waals surface area contributed by atoms with Gasteiger partial charge in [0.15, 0.2) is 0 Å². The molecule has 2 rings (SSSR count). The lowest BCUT2D eigenvalue weighted by atomic mass is 9.87. The molecule has 0 aliphatic carbocycles. The highest BCUT2D eigenvalue weighted by molar-refractivity contribution is 4.73. The molecule has 2 saturated heterocycles. The van der Waals surface area contributed by atoms with Crippen LogP contribution in [0.4, 0.5) is 0 Å². The molecule has 128 valence electrons. The molecule has 0 aromatic carbocycles. The predicted molar refractivity (Wildman–Crippen MR) is 97.0 cm³/mol. The van der Waals surface area contributed by atoms with Crippen LogP contribution >= 0.6 is 0 Å². The van der Waals surface area contributed by atoms with Gasteiger partial charge in [-0.2, -0.15) is 0 Å². The second-order valence-electron chi connectivity index (χ2n) is 6.42. The third-order valence-corrected chi connectivity index (χ3v) is 4.90. The zero-order valence-corrected chi connectivity index (χ0v) is 15.8. The van der Waals surface area contributed by atoms with Crippen LogP contribution in [0, 0.1) is 11.8 Å². The fourth-order valence-corrected chi connectivity index (χ4v) is 3.40. The molecule has 2 nitrogen and oxygen atoms in total. The molecule has 0 saturated carbocycles. The molecular weight excluding hydrogens is 256 g/mol. The lowest BCUT2D eigenvalue weighted by molar-refractivity contribution is 0.191. The molecule has 0 aromatic heterocycles. The topological polar surface area (TPSA) is 6.48 Å². The summed E-state index contributed by atoms with van der Waals surface area (Å²) < 4.78 is 0. The highest BCUT2D eigenvalue weighted by Gasteiger charge is 2.19. The van der Waals surface area contributed by atoms with Crippen LogP contribution < -0.4 is 0 Å². The van der Waals surface area contributed by atoms with Crippen molar-refractivity contribution in [2.45, 2.75) is 72.6 Å². The van der Waals surface area contributed by atoms with Crippen molar-refractivity contribution in [2.75, 3.05) is 40.3 Å². The van der Waals surface area contributed by atoms with Crippen molar-refractivity contribution in [3.63, 3.8) is 0 Å². The summed E-state index contributed by atoms with van der Waals surface area (Å²) >= 11 is 0. The Labute approximate surface area is 135 Å². The Morgan fingerprint density at radius 2 is 0.905 bits per heavy atom. The Morgan fingerprint density at radius 1 is 0.619 bits per heavy atom. The normalized spacial score (nSPS) is 22.0. The van der Waals surface area contributed by atoms with Crippen molar-refractivity contribution in [3.05, 3.63) is 0 Å². The van der Waals surface area contributed by atoms with Crippen LogP contribution in [0.1, 0.15) is 72.6 Å². The summed E-state index contributed by atoms with van der Waals surface area (Å²) in [4.78, 5) is 4.96. The van der Waals surface area contributed by atoms with E-state index >= 15 is 0 Å². The summed E-state index contributed by atoms with van der Waals surface area (Å²) in [6.07, 6.45) is 10.3. The largest absolute Gasteiger partial charge is 0.306 e. The Bertz CT molecular complexity index is 180. The van der Waals surface area contributed by atoms with Gasteiger partial charge < -0.3 is 9.80 Å². The van der Waals surface area contributed by atoms with Crippen LogP contribution in [0.2, 0.25) is 0 Å². The van der Waals surface area contributed by atoms with Crippen molar-refractivity contribution < 1.29 is 0 Å². The van der Waals surface area contributed by atoms with Gasteiger partial charge in [0.05, 0.1) is 0 Å². The van der Waals surface area contributed by atoms with Crippen LogP contribution in [0.5, 0.6) is 0 Å². The molecule has 2 aliphatic rings. The van der Waals surface area contributed by atoms with Gasteiger partial charge in [0.25, 0.3) is 0 Å². The Morgan fingerprint density at radius 3 is 1.19 bits per heavy atom. The monoisotopic (exact) mass is 298 g/mol. The molecule has 0 unspecified atom stereocenters. The van der Waals surface area contributed by atoms with Gasteiger partial charge in [-0.15, -0.1) is 0 Å². The van der Waals surface area contributed by atoms with Gasteiger partial charge in [0, 0.05) is 0 Å². The van der Waals surface area contributed by atoms with Gasteiger partial charge >= 0.3 is 0 Å². The molecule has 0 spiro atoms. The number of hydrogen-bond acceptors (Lipinski definition) is 2. The molecule has 21 heavy (non-hydrogen) atoms. The minimum atomic E-state index is 1.04. The fourth-order valence-electron chi connectivity index (χ4n) is 3.40. The molecule has 0 radical (unpaired) electrons. The van der Waals surface area contributed by atoms with E-state index in [9.17, 15) is 0 Å². The summed E-state index contributed by atoms with van der Waals surface area (Å²) in [6.45, 7) is 13.3. The summed E-state index contributed by atoms with van der Waals surface area (Å²) in [7, 11) is 4.52. The molecule has 0 aromatic rings. The first kappa shape index (κ1) is 20.9. The van der Waals surface area contributed by atoms with Crippen molar-refractivity contribution in [2.24, 2.45) is 11.8 Å². The van der Waals surface area contributed by atoms with Crippen LogP contribution in [0.3, 0.4) is 0 Å². The molecule has 2 heteroatoms. The number of hydrogen-bond donors (Lipinski definition) is 0. The van der Waals surface area contributed by atoms with E-state index in [0.29, 0.717) is 0 Å². The number of nitrogens with zero attached hydrogens (tertiary/aromatic N) is 2. The smallest absolute Gasteiger partial charge is 0.00191 e. The van der Waals surface area contributed by atoms with Crippen LogP contribution in [0.15, 0.2) is 0 Å². The zero-order chi connectivity index (χ0) is 16.1. The van der Waals surface area contributed by atoms with E-state index in [0.717, 1.165) is 11.8 Å². The number of piperidine rings is 2. The molecule has 2 heterocycles. The fraction of sp³-hybridized carbons (Fsp3) is 1.00. The maximum absolute atomic E-state index is 2.48. The lowest BCUT2D eigenvalue weighted by Gasteiger charge is -2.31. The maximum Gasteiger partial charge on any atom is -0.00191 e. The summed E-state index contributed by atoms with van der Waals surface area (Å²) in [5.41, 5.74) is 0. The van der Waals surface area contributed by atoms with Crippen molar-refractivity contribution in [3.8, 4) is 0 Å². The number of rotatable bonds is 4. The highest BCUT2D eigenvalue weighted by Crippen LogP contribution is 2.26. The maximum atomic E-state index is 2.48. The minimum absolute atomic E-state index is 1.04. The Hall–Kier alpha value is -0.0800. The van der Waals surface area contributed by atoms with Crippen LogP contribution in [-0.4, -0.2) is 50.1 Å². The van der Waals surface area contributed by atoms with Gasteiger partial charge in [0.2, 0.25) is 0 Å². The Kier molecular flexibility index (Phi) is 13.5. The molecule has 2 aliphatic heterocycles. The van der Waals surface area contributed by atoms with E-state index in [-0.39, 0.29) is 0 Å². The second kappa shape index (κ2) is 13.6. The van der Waals surface area contributed by atoms with Gasteiger partial charge in [-0.3, -0.25) is 0 Å². The average Bonchev–Trinajstić information content (AvgIpc) is 2.55. The molecule has 0 atom stereocenters. The standard InChI is InChI=1S/C15H30N2.2C2H6/c1-16-10-6-14(7-11-16)4-3-5-15-8-12-17(2)13-9-15;2*1-2/h14-15H,3-13H2,1-2H3;2*1-2H3. The van der Waals surface area contributed by atoms with Gasteiger partial charge in [-0.05, 0) is 77.8 Å². The van der Waals surface area contributed by atoms with Gasteiger partial charge in [-0.25, -0.2) is 0 Å². The average molecular weight is 299 g/mol. The summed E-state index contributed by atoms with van der Waals surface area (Å²) in [5, 5.41) is 0. The highest BCUT2D eigenvalue weighted by atomic mass is 15.1. The minimum Gasteiger partial charge on any atom is -0.306 e. The molecule has 0 amide bonds. The van der Waals surface area contributed by atoms with E-state index in [2.05, 4.69) is 23.9 Å². The third kappa shape index (κ3) is 9.52. The van der Waals surface area contributed by atoms with Crippen molar-refractivity contribution in [1.82, 2.24) is 9.80 Å². The lowest BCUT2D eigenvalue weighted by Crippen LogP contribution is -2.31. The summed E-state index contributed by atoms with van der Waals surface area (Å²) in [6, 6.07) is 0. The van der Waals surface area contributed by atoms with Crippen LogP contribution in [0.25, 0.3) is 0 Å². The van der Waals surface area contributed by atoms with E-state index in [1.165, 1.54) is 71.1 Å².